The average Bonchev–Trinajstić information content (AvgIpc) is 2.84. The number of alkyl halides is 2. The number of hydrogen-bond donors (Lipinski definition) is 1. The van der Waals surface area contributed by atoms with Crippen molar-refractivity contribution in [2.24, 2.45) is 0 Å². The van der Waals surface area contributed by atoms with Crippen molar-refractivity contribution in [1.29, 1.82) is 0 Å². The Hall–Kier alpha value is -3.04. The van der Waals surface area contributed by atoms with Crippen LogP contribution in [0, 0.1) is 0 Å². The van der Waals surface area contributed by atoms with E-state index in [0.717, 1.165) is 16.9 Å². The number of ether oxygens (including phenoxy) is 3. The second kappa shape index (κ2) is 13.0. The molecule has 0 fully saturated rings. The van der Waals surface area contributed by atoms with Crippen LogP contribution < -0.4 is 9.47 Å². The summed E-state index contributed by atoms with van der Waals surface area (Å²) in [5.41, 5.74) is 1.96. The van der Waals surface area contributed by atoms with Gasteiger partial charge in [0.05, 0.1) is 13.2 Å². The van der Waals surface area contributed by atoms with Crippen LogP contribution in [-0.4, -0.2) is 74.7 Å². The molecule has 2 rings (SSSR count). The highest BCUT2D eigenvalue weighted by Gasteiger charge is 2.51. The van der Waals surface area contributed by atoms with Crippen molar-refractivity contribution in [3.05, 3.63) is 59.7 Å². The standard InChI is InChI=1S/C25H31F2NO6/c1-28(2)14-13-21(34-25(27,24(30)31)23(26)16-29)17-33-22-10-5-4-8-19(22)12-11-18-7-6-9-20(15-18)32-3/h4-10,15-16,21,23H,11-14,17H2,1-3H3,(H,30,31). The Balaban J connectivity index is 2.13. The Labute approximate surface area is 198 Å². The number of benzene rings is 2. The summed E-state index contributed by atoms with van der Waals surface area (Å²) >= 11 is 0. The molecular formula is C25H31F2NO6. The Kier molecular flexibility index (Phi) is 10.4. The molecule has 2 aromatic rings. The van der Waals surface area contributed by atoms with Gasteiger partial charge in [0.15, 0.2) is 6.29 Å². The fourth-order valence-corrected chi connectivity index (χ4v) is 3.28. The largest absolute Gasteiger partial charge is 0.497 e. The zero-order chi connectivity index (χ0) is 25.1. The molecule has 3 atom stereocenters. The van der Waals surface area contributed by atoms with E-state index < -0.39 is 30.4 Å². The minimum atomic E-state index is -3.80. The summed E-state index contributed by atoms with van der Waals surface area (Å²) in [4.78, 5) is 23.9. The van der Waals surface area contributed by atoms with Crippen molar-refractivity contribution in [2.75, 3.05) is 34.4 Å². The van der Waals surface area contributed by atoms with Gasteiger partial charge >= 0.3 is 11.8 Å². The van der Waals surface area contributed by atoms with Crippen LogP contribution in [0.5, 0.6) is 11.5 Å². The number of carboxylic acids is 1. The smallest absolute Gasteiger partial charge is 0.373 e. The van der Waals surface area contributed by atoms with Crippen molar-refractivity contribution in [2.45, 2.75) is 37.4 Å². The third-order valence-electron chi connectivity index (χ3n) is 5.22. The minimum absolute atomic E-state index is 0.156. The van der Waals surface area contributed by atoms with Gasteiger partial charge in [0.2, 0.25) is 6.17 Å². The number of methoxy groups -OCH3 is 1. The highest BCUT2D eigenvalue weighted by atomic mass is 19.2. The topological polar surface area (TPSA) is 85.3 Å². The van der Waals surface area contributed by atoms with Gasteiger partial charge in [-0.2, -0.15) is 4.39 Å². The summed E-state index contributed by atoms with van der Waals surface area (Å²) in [6, 6.07) is 15.0. The maximum atomic E-state index is 14.8. The molecule has 1 N–H and O–H groups in total. The van der Waals surface area contributed by atoms with Gasteiger partial charge in [-0.3, -0.25) is 4.79 Å². The van der Waals surface area contributed by atoms with Crippen molar-refractivity contribution in [3.63, 3.8) is 0 Å². The zero-order valence-electron chi connectivity index (χ0n) is 19.6. The molecule has 0 amide bonds. The van der Waals surface area contributed by atoms with Gasteiger partial charge in [-0.15, -0.1) is 0 Å². The number of halogens is 2. The van der Waals surface area contributed by atoms with Gasteiger partial charge in [0, 0.05) is 6.54 Å². The minimum Gasteiger partial charge on any atom is -0.497 e. The number of nitrogens with zero attached hydrogens (tertiary/aromatic N) is 1. The third-order valence-corrected chi connectivity index (χ3v) is 5.22. The first kappa shape index (κ1) is 27.2. The fourth-order valence-electron chi connectivity index (χ4n) is 3.28. The van der Waals surface area contributed by atoms with Crippen LogP contribution in [-0.2, 0) is 27.2 Å². The van der Waals surface area contributed by atoms with E-state index in [2.05, 4.69) is 0 Å². The molecule has 0 bridgehead atoms. The molecule has 0 aliphatic carbocycles. The quantitative estimate of drug-likeness (QED) is 0.392. The number of aryl methyl sites for hydroxylation is 2. The fraction of sp³-hybridized carbons (Fsp3) is 0.440. The lowest BCUT2D eigenvalue weighted by Crippen LogP contribution is -2.50. The Morgan fingerprint density at radius 1 is 1.18 bits per heavy atom. The van der Waals surface area contributed by atoms with Crippen LogP contribution in [0.3, 0.4) is 0 Å². The van der Waals surface area contributed by atoms with Crippen LogP contribution in [0.1, 0.15) is 17.5 Å². The number of carbonyl (C=O) groups is 2. The SMILES string of the molecule is COc1cccc(CCc2ccccc2OCC(CCN(C)C)OC(F)(C(=O)O)C(F)C=O)c1. The van der Waals surface area contributed by atoms with Crippen molar-refractivity contribution in [1.82, 2.24) is 4.90 Å². The molecule has 0 heterocycles. The second-order valence-corrected chi connectivity index (χ2v) is 8.09. The van der Waals surface area contributed by atoms with E-state index >= 15 is 0 Å². The number of carbonyl (C=O) groups excluding carboxylic acids is 1. The molecule has 186 valence electrons. The average molecular weight is 480 g/mol. The molecule has 34 heavy (non-hydrogen) atoms. The molecule has 7 nitrogen and oxygen atoms in total. The van der Waals surface area contributed by atoms with Crippen LogP contribution >= 0.6 is 0 Å². The molecule has 2 aromatic carbocycles. The summed E-state index contributed by atoms with van der Waals surface area (Å²) in [6.07, 6.45) is -3.00. The molecule has 0 aliphatic rings. The number of aldehydes is 1. The molecular weight excluding hydrogens is 448 g/mol. The molecule has 0 aromatic heterocycles. The molecule has 0 saturated heterocycles. The molecule has 3 unspecified atom stereocenters. The van der Waals surface area contributed by atoms with Crippen LogP contribution in [0.2, 0.25) is 0 Å². The summed E-state index contributed by atoms with van der Waals surface area (Å²) in [6.45, 7) is 0.174. The summed E-state index contributed by atoms with van der Waals surface area (Å²) in [5, 5.41) is 9.15. The lowest BCUT2D eigenvalue weighted by Gasteiger charge is -2.28. The van der Waals surface area contributed by atoms with Gasteiger partial charge in [-0.05, 0) is 62.7 Å². The second-order valence-electron chi connectivity index (χ2n) is 8.09. The van der Waals surface area contributed by atoms with Crippen LogP contribution in [0.25, 0.3) is 0 Å². The Bertz CT molecular complexity index is 941. The first-order valence-electron chi connectivity index (χ1n) is 10.9. The van der Waals surface area contributed by atoms with Crippen molar-refractivity contribution >= 4 is 12.3 Å². The maximum absolute atomic E-state index is 14.8. The maximum Gasteiger partial charge on any atom is 0.373 e. The van der Waals surface area contributed by atoms with Gasteiger partial charge < -0.3 is 24.2 Å². The number of rotatable bonds is 15. The zero-order valence-corrected chi connectivity index (χ0v) is 19.6. The van der Waals surface area contributed by atoms with E-state index in [1.165, 1.54) is 0 Å². The van der Waals surface area contributed by atoms with Gasteiger partial charge in [-0.25, -0.2) is 9.18 Å². The van der Waals surface area contributed by atoms with E-state index in [-0.39, 0.29) is 13.0 Å². The highest BCUT2D eigenvalue weighted by molar-refractivity contribution is 5.81. The number of aliphatic carboxylic acids is 1. The lowest BCUT2D eigenvalue weighted by molar-refractivity contribution is -0.229. The Morgan fingerprint density at radius 3 is 2.56 bits per heavy atom. The normalized spacial score (nSPS) is 14.8. The predicted molar refractivity (Wildman–Crippen MR) is 123 cm³/mol. The molecule has 0 aliphatic heterocycles. The first-order valence-corrected chi connectivity index (χ1v) is 10.9. The van der Waals surface area contributed by atoms with E-state index in [4.69, 9.17) is 19.3 Å². The molecule has 0 radical (unpaired) electrons. The van der Waals surface area contributed by atoms with E-state index in [9.17, 15) is 18.4 Å². The summed E-state index contributed by atoms with van der Waals surface area (Å²) in [5.74, 6) is -4.72. The van der Waals surface area contributed by atoms with Crippen LogP contribution in [0.15, 0.2) is 48.5 Å². The molecule has 0 saturated carbocycles. The van der Waals surface area contributed by atoms with Gasteiger partial charge in [0.25, 0.3) is 0 Å². The third kappa shape index (κ3) is 7.78. The monoisotopic (exact) mass is 479 g/mol. The van der Waals surface area contributed by atoms with Crippen molar-refractivity contribution < 1.29 is 37.7 Å². The first-order chi connectivity index (χ1) is 16.2. The van der Waals surface area contributed by atoms with Gasteiger partial charge in [-0.1, -0.05) is 30.3 Å². The number of para-hydroxylation sites is 1. The van der Waals surface area contributed by atoms with E-state index in [0.29, 0.717) is 25.1 Å². The number of hydrogen-bond acceptors (Lipinski definition) is 6. The summed E-state index contributed by atoms with van der Waals surface area (Å²) in [7, 11) is 5.15. The lowest BCUT2D eigenvalue weighted by atomic mass is 10.0. The predicted octanol–water partition coefficient (Wildman–Crippen LogP) is 3.48. The highest BCUT2D eigenvalue weighted by Crippen LogP contribution is 2.26. The van der Waals surface area contributed by atoms with Crippen LogP contribution in [0.4, 0.5) is 8.78 Å². The van der Waals surface area contributed by atoms with Crippen molar-refractivity contribution in [3.8, 4) is 11.5 Å². The summed E-state index contributed by atoms with van der Waals surface area (Å²) < 4.78 is 44.7. The number of carboxylic acid groups (broad SMARTS) is 1. The molecule has 0 spiro atoms. The molecule has 9 heteroatoms. The van der Waals surface area contributed by atoms with E-state index in [1.807, 2.05) is 36.4 Å². The van der Waals surface area contributed by atoms with E-state index in [1.54, 1.807) is 38.2 Å². The Morgan fingerprint density at radius 2 is 1.91 bits per heavy atom. The van der Waals surface area contributed by atoms with Gasteiger partial charge in [0.1, 0.15) is 18.1 Å².